The van der Waals surface area contributed by atoms with E-state index in [0.29, 0.717) is 11.5 Å². The molecule has 0 amide bonds. The van der Waals surface area contributed by atoms with Crippen molar-refractivity contribution in [2.75, 3.05) is 56.4 Å². The molecular weight excluding hydrogens is 376 g/mol. The molecule has 0 spiro atoms. The van der Waals surface area contributed by atoms with Crippen LogP contribution >= 0.6 is 0 Å². The van der Waals surface area contributed by atoms with Crippen molar-refractivity contribution in [2.45, 2.75) is 26.2 Å². The van der Waals surface area contributed by atoms with E-state index < -0.39 is 0 Å². The van der Waals surface area contributed by atoms with Gasteiger partial charge in [0, 0.05) is 42.9 Å². The van der Waals surface area contributed by atoms with E-state index in [1.807, 2.05) is 65.4 Å². The molecule has 0 aromatic heterocycles. The maximum atomic E-state index is 10.4. The molecule has 0 bridgehead atoms. The molecule has 6 heteroatoms. The molecule has 0 aliphatic carbocycles. The Hall–Kier alpha value is -2.12. The summed E-state index contributed by atoms with van der Waals surface area (Å²) in [4.78, 5) is 8.32. The largest absolute Gasteiger partial charge is 0.508 e. The summed E-state index contributed by atoms with van der Waals surface area (Å²) < 4.78 is 0. The first-order chi connectivity index (χ1) is 14.0. The normalized spacial score (nSPS) is 11.3. The number of aromatic hydroxyl groups is 2. The first kappa shape index (κ1) is 25.9. The number of benzene rings is 2. The molecule has 2 aromatic rings. The Morgan fingerprint density at radius 1 is 0.567 bits per heavy atom. The molecule has 2 aromatic carbocycles. The fraction of sp³-hybridized carbons (Fsp3) is 0.500. The van der Waals surface area contributed by atoms with Crippen LogP contribution in [0.25, 0.3) is 0 Å². The van der Waals surface area contributed by atoms with Crippen LogP contribution in [-0.2, 0) is 26.2 Å². The van der Waals surface area contributed by atoms with Crippen molar-refractivity contribution in [2.24, 2.45) is 0 Å². The number of phenols is 2. The minimum atomic E-state index is 0.376. The predicted molar refractivity (Wildman–Crippen MR) is 126 cm³/mol. The van der Waals surface area contributed by atoms with E-state index in [0.717, 1.165) is 42.9 Å². The highest BCUT2D eigenvalue weighted by Gasteiger charge is 2.12. The fourth-order valence-corrected chi connectivity index (χ4v) is 3.20. The molecule has 0 radical (unpaired) electrons. The van der Waals surface area contributed by atoms with E-state index in [2.05, 4.69) is 40.9 Å². The monoisotopic (exact) mass is 416 g/mol. The van der Waals surface area contributed by atoms with Crippen LogP contribution in [0.4, 0.5) is 0 Å². The van der Waals surface area contributed by atoms with Crippen molar-refractivity contribution in [3.05, 3.63) is 58.7 Å². The van der Waals surface area contributed by atoms with Crippen molar-refractivity contribution in [1.29, 1.82) is 0 Å². The van der Waals surface area contributed by atoms with Gasteiger partial charge in [0.05, 0.1) is 0 Å². The van der Waals surface area contributed by atoms with Crippen molar-refractivity contribution >= 4 is 0 Å². The molecule has 0 unspecified atom stereocenters. The third-order valence-corrected chi connectivity index (χ3v) is 4.28. The summed E-state index contributed by atoms with van der Waals surface area (Å²) >= 11 is 0. The Balaban J connectivity index is 0.000000346. The Labute approximate surface area is 183 Å². The lowest BCUT2D eigenvalue weighted by molar-refractivity contribution is 0.365. The summed E-state index contributed by atoms with van der Waals surface area (Å²) in [5, 5.41) is 19.7. The van der Waals surface area contributed by atoms with Crippen molar-refractivity contribution in [1.82, 2.24) is 19.6 Å². The van der Waals surface area contributed by atoms with Crippen LogP contribution in [0.1, 0.15) is 22.3 Å². The van der Waals surface area contributed by atoms with Crippen LogP contribution in [-0.4, -0.2) is 86.2 Å². The molecule has 2 N–H and O–H groups in total. The third kappa shape index (κ3) is 9.59. The van der Waals surface area contributed by atoms with Crippen LogP contribution in [0.5, 0.6) is 11.5 Å². The van der Waals surface area contributed by atoms with Gasteiger partial charge in [-0.05, 0) is 80.1 Å². The number of para-hydroxylation sites is 1. The van der Waals surface area contributed by atoms with Crippen LogP contribution < -0.4 is 0 Å². The predicted octanol–water partition coefficient (Wildman–Crippen LogP) is 3.03. The van der Waals surface area contributed by atoms with E-state index in [9.17, 15) is 10.2 Å². The average molecular weight is 417 g/mol. The maximum Gasteiger partial charge on any atom is 0.124 e. The quantitative estimate of drug-likeness (QED) is 0.690. The van der Waals surface area contributed by atoms with Crippen LogP contribution in [0.2, 0.25) is 0 Å². The Morgan fingerprint density at radius 3 is 1.37 bits per heavy atom. The van der Waals surface area contributed by atoms with Gasteiger partial charge < -0.3 is 29.8 Å². The lowest BCUT2D eigenvalue weighted by atomic mass is 10.0. The molecule has 0 fully saturated rings. The summed E-state index contributed by atoms with van der Waals surface area (Å²) in [5.74, 6) is 0.811. The Kier molecular flexibility index (Phi) is 10.8. The summed E-state index contributed by atoms with van der Waals surface area (Å²) in [7, 11) is 16.1. The number of hydrogen-bond donors (Lipinski definition) is 2. The van der Waals surface area contributed by atoms with Crippen LogP contribution in [0, 0.1) is 0 Å². The number of phenolic OH excluding ortho intramolecular Hbond substituents is 2. The highest BCUT2D eigenvalue weighted by Crippen LogP contribution is 2.27. The number of hydrogen-bond acceptors (Lipinski definition) is 6. The Bertz CT molecular complexity index is 743. The summed E-state index contributed by atoms with van der Waals surface area (Å²) in [6.45, 7) is 3.19. The first-order valence-electron chi connectivity index (χ1n) is 10.2. The molecule has 168 valence electrons. The van der Waals surface area contributed by atoms with Gasteiger partial charge >= 0.3 is 0 Å². The standard InChI is InChI=1S/C15H27N3O.C9H13NO/c1-16(2)9-12-7-13(10-17(3)4)15(19)14(8-12)11-18(5)6;1-10(2)7-8-5-3-4-6-9(8)11/h7-8,19H,9-11H2,1-6H3;3-6,11H,7H2,1-2H3. The minimum absolute atomic E-state index is 0.376. The van der Waals surface area contributed by atoms with Gasteiger partial charge in [0.15, 0.2) is 0 Å². The second-order valence-corrected chi connectivity index (χ2v) is 8.84. The van der Waals surface area contributed by atoms with Gasteiger partial charge in [-0.1, -0.05) is 18.2 Å². The van der Waals surface area contributed by atoms with Gasteiger partial charge in [-0.3, -0.25) is 0 Å². The molecule has 0 atom stereocenters. The van der Waals surface area contributed by atoms with E-state index in [-0.39, 0.29) is 0 Å². The number of rotatable bonds is 8. The summed E-state index contributed by atoms with van der Waals surface area (Å²) in [5.41, 5.74) is 4.22. The van der Waals surface area contributed by atoms with E-state index in [4.69, 9.17) is 0 Å². The topological polar surface area (TPSA) is 53.4 Å². The molecule has 0 aliphatic heterocycles. The van der Waals surface area contributed by atoms with Crippen molar-refractivity contribution in [3.63, 3.8) is 0 Å². The zero-order valence-corrected chi connectivity index (χ0v) is 20.0. The first-order valence-corrected chi connectivity index (χ1v) is 10.2. The second kappa shape index (κ2) is 12.5. The summed E-state index contributed by atoms with van der Waals surface area (Å²) in [6, 6.07) is 11.6. The summed E-state index contributed by atoms with van der Waals surface area (Å²) in [6.07, 6.45) is 0. The fourth-order valence-electron chi connectivity index (χ4n) is 3.20. The highest BCUT2D eigenvalue weighted by molar-refractivity contribution is 5.44. The molecule has 0 aliphatic rings. The van der Waals surface area contributed by atoms with Crippen molar-refractivity contribution in [3.8, 4) is 11.5 Å². The van der Waals surface area contributed by atoms with Crippen LogP contribution in [0.15, 0.2) is 36.4 Å². The third-order valence-electron chi connectivity index (χ3n) is 4.28. The lowest BCUT2D eigenvalue weighted by Gasteiger charge is -2.19. The zero-order chi connectivity index (χ0) is 22.8. The number of nitrogens with zero attached hydrogens (tertiary/aromatic N) is 4. The van der Waals surface area contributed by atoms with Crippen molar-refractivity contribution < 1.29 is 10.2 Å². The molecule has 30 heavy (non-hydrogen) atoms. The van der Waals surface area contributed by atoms with Gasteiger partial charge in [-0.25, -0.2) is 0 Å². The molecule has 0 heterocycles. The van der Waals surface area contributed by atoms with Gasteiger partial charge in [-0.2, -0.15) is 0 Å². The molecular formula is C24H40N4O2. The molecule has 0 saturated heterocycles. The Morgan fingerprint density at radius 2 is 0.967 bits per heavy atom. The van der Waals surface area contributed by atoms with E-state index in [1.165, 1.54) is 5.56 Å². The molecule has 6 nitrogen and oxygen atoms in total. The van der Waals surface area contributed by atoms with Gasteiger partial charge in [-0.15, -0.1) is 0 Å². The molecule has 2 rings (SSSR count). The minimum Gasteiger partial charge on any atom is -0.508 e. The van der Waals surface area contributed by atoms with E-state index >= 15 is 0 Å². The van der Waals surface area contributed by atoms with Gasteiger partial charge in [0.1, 0.15) is 11.5 Å². The second-order valence-electron chi connectivity index (χ2n) is 8.84. The average Bonchev–Trinajstić information content (AvgIpc) is 2.60. The maximum absolute atomic E-state index is 10.4. The van der Waals surface area contributed by atoms with Gasteiger partial charge in [0.25, 0.3) is 0 Å². The smallest absolute Gasteiger partial charge is 0.124 e. The SMILES string of the molecule is CN(C)Cc1cc(CN(C)C)c(O)c(CN(C)C)c1.CN(C)Cc1ccccc1O. The zero-order valence-electron chi connectivity index (χ0n) is 20.0. The van der Waals surface area contributed by atoms with Gasteiger partial charge in [0.2, 0.25) is 0 Å². The highest BCUT2D eigenvalue weighted by atomic mass is 16.3. The van der Waals surface area contributed by atoms with E-state index in [1.54, 1.807) is 6.07 Å². The molecule has 0 saturated carbocycles. The van der Waals surface area contributed by atoms with Crippen LogP contribution in [0.3, 0.4) is 0 Å². The lowest BCUT2D eigenvalue weighted by Crippen LogP contribution is -2.16.